The van der Waals surface area contributed by atoms with Gasteiger partial charge in [0, 0.05) is 12.1 Å². The number of nitriles is 1. The highest BCUT2D eigenvalue weighted by molar-refractivity contribution is 5.67. The average molecular weight is 262 g/mol. The zero-order valence-corrected chi connectivity index (χ0v) is 9.97. The summed E-state index contributed by atoms with van der Waals surface area (Å²) in [5, 5.41) is 11.5. The summed E-state index contributed by atoms with van der Waals surface area (Å²) < 4.78 is 39.7. The van der Waals surface area contributed by atoms with Gasteiger partial charge in [0.25, 0.3) is 0 Å². The first kappa shape index (κ1) is 13.0. The molecule has 0 unspecified atom stereocenters. The third-order valence-electron chi connectivity index (χ3n) is 2.56. The molecule has 0 amide bonds. The minimum atomic E-state index is -1.28. The highest BCUT2D eigenvalue weighted by Gasteiger charge is 2.12. The maximum atomic E-state index is 13.5. The number of halogens is 3. The van der Waals surface area contributed by atoms with Crippen LogP contribution >= 0.6 is 0 Å². The fourth-order valence-electron chi connectivity index (χ4n) is 1.65. The van der Waals surface area contributed by atoms with Crippen molar-refractivity contribution in [3.63, 3.8) is 0 Å². The maximum Gasteiger partial charge on any atom is 0.182 e. The van der Waals surface area contributed by atoms with Crippen molar-refractivity contribution in [1.29, 1.82) is 5.26 Å². The van der Waals surface area contributed by atoms with Crippen LogP contribution < -0.4 is 5.32 Å². The van der Waals surface area contributed by atoms with Crippen LogP contribution in [0.3, 0.4) is 0 Å². The summed E-state index contributed by atoms with van der Waals surface area (Å²) in [4.78, 5) is 0. The van der Waals surface area contributed by atoms with Crippen LogP contribution in [0.5, 0.6) is 0 Å². The van der Waals surface area contributed by atoms with Gasteiger partial charge in [-0.25, -0.2) is 13.2 Å². The number of nitrogens with one attached hydrogen (secondary N) is 1. The van der Waals surface area contributed by atoms with Crippen molar-refractivity contribution in [1.82, 2.24) is 0 Å². The van der Waals surface area contributed by atoms with E-state index in [0.717, 1.165) is 11.6 Å². The number of anilines is 2. The summed E-state index contributed by atoms with van der Waals surface area (Å²) in [6.45, 7) is 1.79. The van der Waals surface area contributed by atoms with E-state index in [-0.39, 0.29) is 11.3 Å². The molecule has 0 radical (unpaired) electrons. The average Bonchev–Trinajstić information content (AvgIpc) is 2.35. The Labute approximate surface area is 108 Å². The fourth-order valence-corrected chi connectivity index (χ4v) is 1.65. The Balaban J connectivity index is 2.47. The van der Waals surface area contributed by atoms with Gasteiger partial charge in [-0.1, -0.05) is 6.07 Å². The lowest BCUT2D eigenvalue weighted by Gasteiger charge is -2.10. The Hall–Kier alpha value is -2.48. The van der Waals surface area contributed by atoms with E-state index in [1.807, 2.05) is 6.07 Å². The van der Waals surface area contributed by atoms with Crippen molar-refractivity contribution >= 4 is 11.4 Å². The standard InChI is InChI=1S/C14H9F3N2/c1-8-2-3-9(7-18)12(4-8)19-13-6-10(15)5-11(16)14(13)17/h2-6,19H,1H3. The highest BCUT2D eigenvalue weighted by atomic mass is 19.2. The van der Waals surface area contributed by atoms with Crippen molar-refractivity contribution in [2.45, 2.75) is 6.92 Å². The molecule has 0 fully saturated rings. The molecule has 2 aromatic rings. The lowest BCUT2D eigenvalue weighted by molar-refractivity contribution is 0.498. The van der Waals surface area contributed by atoms with Crippen molar-refractivity contribution in [2.75, 3.05) is 5.32 Å². The van der Waals surface area contributed by atoms with Crippen molar-refractivity contribution in [3.8, 4) is 6.07 Å². The van der Waals surface area contributed by atoms with E-state index in [4.69, 9.17) is 5.26 Å². The molecule has 0 saturated heterocycles. The summed E-state index contributed by atoms with van der Waals surface area (Å²) in [5.74, 6) is -3.37. The molecule has 96 valence electrons. The Morgan fingerprint density at radius 2 is 1.79 bits per heavy atom. The molecule has 0 bridgehead atoms. The van der Waals surface area contributed by atoms with Crippen LogP contribution in [-0.2, 0) is 0 Å². The van der Waals surface area contributed by atoms with Crippen molar-refractivity contribution in [2.24, 2.45) is 0 Å². The van der Waals surface area contributed by atoms with E-state index < -0.39 is 17.5 Å². The maximum absolute atomic E-state index is 13.5. The Bertz CT molecular complexity index is 675. The normalized spacial score (nSPS) is 10.1. The van der Waals surface area contributed by atoms with Crippen LogP contribution in [0.25, 0.3) is 0 Å². The van der Waals surface area contributed by atoms with Gasteiger partial charge in [0.1, 0.15) is 11.9 Å². The molecule has 19 heavy (non-hydrogen) atoms. The summed E-state index contributed by atoms with van der Waals surface area (Å²) in [6.07, 6.45) is 0. The van der Waals surface area contributed by atoms with Gasteiger partial charge in [-0.3, -0.25) is 0 Å². The molecule has 0 atom stereocenters. The topological polar surface area (TPSA) is 35.8 Å². The van der Waals surface area contributed by atoms with Crippen molar-refractivity contribution in [3.05, 3.63) is 58.9 Å². The zero-order valence-electron chi connectivity index (χ0n) is 9.97. The first-order chi connectivity index (χ1) is 9.01. The molecule has 0 aliphatic carbocycles. The van der Waals surface area contributed by atoms with E-state index in [0.29, 0.717) is 11.8 Å². The second kappa shape index (κ2) is 5.02. The SMILES string of the molecule is Cc1ccc(C#N)c(Nc2cc(F)cc(F)c2F)c1. The van der Waals surface area contributed by atoms with Gasteiger partial charge in [-0.15, -0.1) is 0 Å². The van der Waals surface area contributed by atoms with Crippen LogP contribution in [0, 0.1) is 35.7 Å². The minimum absolute atomic E-state index is 0.259. The first-order valence-electron chi connectivity index (χ1n) is 5.43. The van der Waals surface area contributed by atoms with Crippen LogP contribution in [0.1, 0.15) is 11.1 Å². The number of nitrogens with zero attached hydrogens (tertiary/aromatic N) is 1. The molecular formula is C14H9F3N2. The molecule has 2 aromatic carbocycles. The third-order valence-corrected chi connectivity index (χ3v) is 2.56. The van der Waals surface area contributed by atoms with Gasteiger partial charge in [-0.2, -0.15) is 5.26 Å². The Morgan fingerprint density at radius 1 is 1.05 bits per heavy atom. The monoisotopic (exact) mass is 262 g/mol. The Kier molecular flexibility index (Phi) is 3.43. The predicted molar refractivity (Wildman–Crippen MR) is 65.5 cm³/mol. The first-order valence-corrected chi connectivity index (χ1v) is 5.43. The van der Waals surface area contributed by atoms with Gasteiger partial charge >= 0.3 is 0 Å². The van der Waals surface area contributed by atoms with Crippen molar-refractivity contribution < 1.29 is 13.2 Å². The van der Waals surface area contributed by atoms with E-state index in [1.165, 1.54) is 0 Å². The lowest BCUT2D eigenvalue weighted by atomic mass is 10.1. The smallest absolute Gasteiger partial charge is 0.182 e. The predicted octanol–water partition coefficient (Wildman–Crippen LogP) is 4.03. The van der Waals surface area contributed by atoms with Gasteiger partial charge in [0.05, 0.1) is 16.9 Å². The summed E-state index contributed by atoms with van der Waals surface area (Å²) in [7, 11) is 0. The van der Waals surface area contributed by atoms with E-state index in [2.05, 4.69) is 5.32 Å². The van der Waals surface area contributed by atoms with Crippen LogP contribution in [0.2, 0.25) is 0 Å². The Morgan fingerprint density at radius 3 is 2.47 bits per heavy atom. The molecule has 0 aromatic heterocycles. The fraction of sp³-hybridized carbons (Fsp3) is 0.0714. The third kappa shape index (κ3) is 2.68. The second-order valence-corrected chi connectivity index (χ2v) is 4.03. The largest absolute Gasteiger partial charge is 0.352 e. The lowest BCUT2D eigenvalue weighted by Crippen LogP contribution is -2.00. The van der Waals surface area contributed by atoms with Crippen LogP contribution in [0.15, 0.2) is 30.3 Å². The second-order valence-electron chi connectivity index (χ2n) is 4.03. The molecular weight excluding hydrogens is 253 g/mol. The van der Waals surface area contributed by atoms with E-state index in [9.17, 15) is 13.2 Å². The molecule has 0 saturated carbocycles. The molecule has 2 nitrogen and oxygen atoms in total. The van der Waals surface area contributed by atoms with Crippen LogP contribution in [-0.4, -0.2) is 0 Å². The van der Waals surface area contributed by atoms with Crippen LogP contribution in [0.4, 0.5) is 24.5 Å². The zero-order chi connectivity index (χ0) is 14.0. The van der Waals surface area contributed by atoms with E-state index >= 15 is 0 Å². The van der Waals surface area contributed by atoms with Gasteiger partial charge in [0.15, 0.2) is 11.6 Å². The number of benzene rings is 2. The number of rotatable bonds is 2. The van der Waals surface area contributed by atoms with E-state index in [1.54, 1.807) is 25.1 Å². The summed E-state index contributed by atoms with van der Waals surface area (Å²) >= 11 is 0. The van der Waals surface area contributed by atoms with Gasteiger partial charge in [-0.05, 0) is 24.6 Å². The quantitative estimate of drug-likeness (QED) is 0.829. The number of aryl methyl sites for hydroxylation is 1. The molecule has 0 aliphatic heterocycles. The summed E-state index contributed by atoms with van der Waals surface area (Å²) in [5.41, 5.74) is 1.04. The summed E-state index contributed by atoms with van der Waals surface area (Å²) in [6, 6.07) is 8.07. The molecule has 0 aliphatic rings. The molecule has 2 rings (SSSR count). The molecule has 0 heterocycles. The number of hydrogen-bond donors (Lipinski definition) is 1. The molecule has 1 N–H and O–H groups in total. The molecule has 5 heteroatoms. The molecule has 0 spiro atoms. The van der Waals surface area contributed by atoms with Gasteiger partial charge < -0.3 is 5.32 Å². The van der Waals surface area contributed by atoms with Gasteiger partial charge in [0.2, 0.25) is 0 Å². The minimum Gasteiger partial charge on any atom is -0.352 e. The number of hydrogen-bond acceptors (Lipinski definition) is 2. The highest BCUT2D eigenvalue weighted by Crippen LogP contribution is 2.26.